The van der Waals surface area contributed by atoms with Gasteiger partial charge in [0.1, 0.15) is 0 Å². The van der Waals surface area contributed by atoms with Crippen molar-refractivity contribution in [3.63, 3.8) is 0 Å². The summed E-state index contributed by atoms with van der Waals surface area (Å²) in [7, 11) is 0. The molecule has 1 aromatic heterocycles. The van der Waals surface area contributed by atoms with Crippen LogP contribution in [0.1, 0.15) is 5.56 Å². The molecular formula is C11H8Cl3N3. The van der Waals surface area contributed by atoms with Crippen LogP contribution >= 0.6 is 34.8 Å². The van der Waals surface area contributed by atoms with Crippen LogP contribution in [0.4, 0.5) is 5.69 Å². The largest absolute Gasteiger partial charge is 0.378 e. The van der Waals surface area contributed by atoms with Crippen molar-refractivity contribution in [3.8, 4) is 0 Å². The van der Waals surface area contributed by atoms with Crippen molar-refractivity contribution in [1.29, 1.82) is 0 Å². The van der Waals surface area contributed by atoms with Crippen LogP contribution in [0.15, 0.2) is 30.3 Å². The molecule has 0 spiro atoms. The Labute approximate surface area is 114 Å². The normalized spacial score (nSPS) is 10.3. The monoisotopic (exact) mass is 287 g/mol. The van der Waals surface area contributed by atoms with Gasteiger partial charge in [-0.2, -0.15) is 0 Å². The molecule has 0 aliphatic carbocycles. The average Bonchev–Trinajstić information content (AvgIpc) is 2.32. The number of halogens is 3. The number of hydrogen-bond acceptors (Lipinski definition) is 3. The van der Waals surface area contributed by atoms with Crippen molar-refractivity contribution in [3.05, 3.63) is 51.2 Å². The highest BCUT2D eigenvalue weighted by Gasteiger charge is 2.03. The molecule has 0 fully saturated rings. The lowest BCUT2D eigenvalue weighted by molar-refractivity contribution is 1.02. The lowest BCUT2D eigenvalue weighted by Crippen LogP contribution is -2.01. The van der Waals surface area contributed by atoms with E-state index in [1.165, 1.54) is 0 Å². The number of nitrogens with zero attached hydrogens (tertiary/aromatic N) is 2. The van der Waals surface area contributed by atoms with Gasteiger partial charge in [-0.3, -0.25) is 0 Å². The van der Waals surface area contributed by atoms with Gasteiger partial charge in [0.05, 0.1) is 5.69 Å². The fraction of sp³-hybridized carbons (Fsp3) is 0.0909. The quantitative estimate of drug-likeness (QED) is 0.926. The van der Waals surface area contributed by atoms with Crippen LogP contribution in [-0.4, -0.2) is 10.2 Å². The average molecular weight is 289 g/mol. The Balaban J connectivity index is 2.07. The van der Waals surface area contributed by atoms with Gasteiger partial charge in [0.25, 0.3) is 0 Å². The van der Waals surface area contributed by atoms with Crippen molar-refractivity contribution in [1.82, 2.24) is 10.2 Å². The van der Waals surface area contributed by atoms with Gasteiger partial charge in [0.2, 0.25) is 0 Å². The lowest BCUT2D eigenvalue weighted by Gasteiger charge is -2.07. The Morgan fingerprint density at radius 1 is 1.00 bits per heavy atom. The van der Waals surface area contributed by atoms with Gasteiger partial charge >= 0.3 is 0 Å². The summed E-state index contributed by atoms with van der Waals surface area (Å²) in [5, 5.41) is 11.8. The molecule has 17 heavy (non-hydrogen) atoms. The number of aromatic nitrogens is 2. The predicted molar refractivity (Wildman–Crippen MR) is 70.8 cm³/mol. The highest BCUT2D eigenvalue weighted by molar-refractivity contribution is 6.33. The molecule has 2 aromatic rings. The van der Waals surface area contributed by atoms with Crippen LogP contribution in [-0.2, 0) is 6.54 Å². The third-order valence-electron chi connectivity index (χ3n) is 2.12. The van der Waals surface area contributed by atoms with Crippen LogP contribution in [0.3, 0.4) is 0 Å². The van der Waals surface area contributed by atoms with Crippen LogP contribution in [0.25, 0.3) is 0 Å². The highest BCUT2D eigenvalue weighted by Crippen LogP contribution is 2.21. The number of anilines is 1. The van der Waals surface area contributed by atoms with Gasteiger partial charge in [-0.25, -0.2) is 0 Å². The summed E-state index contributed by atoms with van der Waals surface area (Å²) in [6, 6.07) is 9.15. The zero-order valence-electron chi connectivity index (χ0n) is 8.62. The summed E-state index contributed by atoms with van der Waals surface area (Å²) in [4.78, 5) is 0. The molecule has 2 rings (SSSR count). The van der Waals surface area contributed by atoms with Crippen molar-refractivity contribution < 1.29 is 0 Å². The van der Waals surface area contributed by atoms with E-state index in [0.29, 0.717) is 27.6 Å². The minimum absolute atomic E-state index is 0.295. The third kappa shape index (κ3) is 3.46. The molecule has 88 valence electrons. The van der Waals surface area contributed by atoms with E-state index in [0.717, 1.165) is 5.56 Å². The smallest absolute Gasteiger partial charge is 0.174 e. The maximum Gasteiger partial charge on any atom is 0.174 e. The number of nitrogens with one attached hydrogen (secondary N) is 1. The summed E-state index contributed by atoms with van der Waals surface area (Å²) in [5.41, 5.74) is 1.74. The zero-order chi connectivity index (χ0) is 12.3. The third-order valence-corrected chi connectivity index (χ3v) is 2.83. The van der Waals surface area contributed by atoms with E-state index >= 15 is 0 Å². The Hall–Kier alpha value is -1.03. The Bertz CT molecular complexity index is 514. The summed E-state index contributed by atoms with van der Waals surface area (Å²) in [5.74, 6) is 0. The summed E-state index contributed by atoms with van der Waals surface area (Å²) in [6.45, 7) is 0.610. The van der Waals surface area contributed by atoms with Crippen molar-refractivity contribution >= 4 is 40.5 Å². The Morgan fingerprint density at radius 2 is 1.71 bits per heavy atom. The number of rotatable bonds is 3. The lowest BCUT2D eigenvalue weighted by atomic mass is 10.2. The van der Waals surface area contributed by atoms with E-state index in [9.17, 15) is 0 Å². The summed E-state index contributed by atoms with van der Waals surface area (Å²) >= 11 is 17.4. The second-order valence-corrected chi connectivity index (χ2v) is 4.53. The van der Waals surface area contributed by atoms with E-state index in [4.69, 9.17) is 34.8 Å². The molecular weight excluding hydrogens is 281 g/mol. The van der Waals surface area contributed by atoms with Crippen LogP contribution in [0, 0.1) is 0 Å². The zero-order valence-corrected chi connectivity index (χ0v) is 10.9. The molecule has 3 nitrogen and oxygen atoms in total. The van der Waals surface area contributed by atoms with Gasteiger partial charge in [-0.05, 0) is 17.7 Å². The fourth-order valence-corrected chi connectivity index (χ4v) is 1.71. The maximum absolute atomic E-state index is 5.87. The molecule has 0 radical (unpaired) electrons. The van der Waals surface area contributed by atoms with Gasteiger partial charge in [-0.1, -0.05) is 46.9 Å². The first-order chi connectivity index (χ1) is 8.15. The highest BCUT2D eigenvalue weighted by atomic mass is 35.5. The van der Waals surface area contributed by atoms with Gasteiger partial charge < -0.3 is 5.32 Å². The molecule has 0 aliphatic heterocycles. The molecule has 0 unspecified atom stereocenters. The van der Waals surface area contributed by atoms with Crippen molar-refractivity contribution in [2.45, 2.75) is 6.54 Å². The van der Waals surface area contributed by atoms with Crippen molar-refractivity contribution in [2.75, 3.05) is 5.32 Å². The second-order valence-electron chi connectivity index (χ2n) is 3.35. The predicted octanol–water partition coefficient (Wildman–Crippen LogP) is 4.05. The van der Waals surface area contributed by atoms with E-state index in [2.05, 4.69) is 15.5 Å². The van der Waals surface area contributed by atoms with Gasteiger partial charge in [0.15, 0.2) is 10.3 Å². The first-order valence-electron chi connectivity index (χ1n) is 4.82. The molecule has 0 atom stereocenters. The first-order valence-corrected chi connectivity index (χ1v) is 5.95. The minimum Gasteiger partial charge on any atom is -0.378 e. The maximum atomic E-state index is 5.87. The standard InChI is InChI=1S/C11H8Cl3N3/c12-8-3-1-7(2-4-8)6-15-9-5-10(13)16-17-11(9)14/h1-5H,6H2,(H,15,16). The minimum atomic E-state index is 0.295. The Kier molecular flexibility index (Phi) is 4.05. The molecule has 0 saturated carbocycles. The van der Waals surface area contributed by atoms with Crippen molar-refractivity contribution in [2.24, 2.45) is 0 Å². The van der Waals surface area contributed by atoms with E-state index in [1.807, 2.05) is 24.3 Å². The Morgan fingerprint density at radius 3 is 2.41 bits per heavy atom. The molecule has 0 amide bonds. The molecule has 0 saturated heterocycles. The van der Waals surface area contributed by atoms with E-state index in [1.54, 1.807) is 6.07 Å². The molecule has 0 aliphatic rings. The molecule has 1 N–H and O–H groups in total. The second kappa shape index (κ2) is 5.54. The summed E-state index contributed by atoms with van der Waals surface area (Å²) in [6.07, 6.45) is 0. The summed E-state index contributed by atoms with van der Waals surface area (Å²) < 4.78 is 0. The number of hydrogen-bond donors (Lipinski definition) is 1. The van der Waals surface area contributed by atoms with E-state index in [-0.39, 0.29) is 0 Å². The van der Waals surface area contributed by atoms with Crippen LogP contribution in [0.5, 0.6) is 0 Å². The van der Waals surface area contributed by atoms with E-state index < -0.39 is 0 Å². The SMILES string of the molecule is Clc1ccc(CNc2cc(Cl)nnc2Cl)cc1. The molecule has 1 heterocycles. The molecule has 0 bridgehead atoms. The van der Waals surface area contributed by atoms with Crippen LogP contribution < -0.4 is 5.32 Å². The topological polar surface area (TPSA) is 37.8 Å². The fourth-order valence-electron chi connectivity index (χ4n) is 1.28. The van der Waals surface area contributed by atoms with Gasteiger partial charge in [-0.15, -0.1) is 10.2 Å². The first kappa shape index (κ1) is 12.4. The molecule has 6 heteroatoms. The van der Waals surface area contributed by atoms with Crippen LogP contribution in [0.2, 0.25) is 15.3 Å². The number of benzene rings is 1. The van der Waals surface area contributed by atoms with Gasteiger partial charge in [0, 0.05) is 17.6 Å². The molecule has 1 aromatic carbocycles.